The molecule has 1 aliphatic heterocycles. The second kappa shape index (κ2) is 10.3. The lowest BCUT2D eigenvalue weighted by Gasteiger charge is -2.31. The van der Waals surface area contributed by atoms with Gasteiger partial charge in [-0.3, -0.25) is 9.59 Å². The van der Waals surface area contributed by atoms with Gasteiger partial charge in [-0.1, -0.05) is 49.6 Å². The summed E-state index contributed by atoms with van der Waals surface area (Å²) in [6.07, 6.45) is 5.54. The zero-order valence-electron chi connectivity index (χ0n) is 18.6. The summed E-state index contributed by atoms with van der Waals surface area (Å²) in [4.78, 5) is 28.8. The second-order valence-electron chi connectivity index (χ2n) is 8.24. The molecule has 4 rings (SSSR count). The van der Waals surface area contributed by atoms with Crippen molar-refractivity contribution in [2.45, 2.75) is 49.6 Å². The summed E-state index contributed by atoms with van der Waals surface area (Å²) in [5, 5.41) is 3.00. The normalized spacial score (nSPS) is 21.2. The Morgan fingerprint density at radius 2 is 1.69 bits per heavy atom. The van der Waals surface area contributed by atoms with Crippen LogP contribution in [-0.2, 0) is 4.79 Å². The Balaban J connectivity index is 1.63. The molecule has 1 heterocycles. The highest BCUT2D eigenvalue weighted by molar-refractivity contribution is 7.99. The molecule has 1 aliphatic carbocycles. The van der Waals surface area contributed by atoms with Crippen molar-refractivity contribution in [2.75, 3.05) is 20.0 Å². The van der Waals surface area contributed by atoms with Gasteiger partial charge >= 0.3 is 0 Å². The van der Waals surface area contributed by atoms with Crippen LogP contribution in [0.25, 0.3) is 0 Å². The second-order valence-corrected chi connectivity index (χ2v) is 9.35. The number of hydrogen-bond acceptors (Lipinski definition) is 5. The molecule has 0 aromatic heterocycles. The minimum absolute atomic E-state index is 0.0587. The zero-order chi connectivity index (χ0) is 22.5. The van der Waals surface area contributed by atoms with Crippen molar-refractivity contribution in [3.8, 4) is 11.5 Å². The number of nitrogens with one attached hydrogen (secondary N) is 1. The Hall–Kier alpha value is -2.67. The van der Waals surface area contributed by atoms with Crippen molar-refractivity contribution >= 4 is 23.6 Å². The Labute approximate surface area is 193 Å². The minimum Gasteiger partial charge on any atom is -0.493 e. The van der Waals surface area contributed by atoms with Crippen LogP contribution in [0.5, 0.6) is 11.5 Å². The third-order valence-corrected chi connectivity index (χ3v) is 7.53. The lowest BCUT2D eigenvalue weighted by Crippen LogP contribution is -2.50. The van der Waals surface area contributed by atoms with Crippen molar-refractivity contribution in [2.24, 2.45) is 0 Å². The zero-order valence-corrected chi connectivity index (χ0v) is 19.4. The van der Waals surface area contributed by atoms with Gasteiger partial charge in [0.1, 0.15) is 11.4 Å². The Morgan fingerprint density at radius 3 is 2.38 bits per heavy atom. The van der Waals surface area contributed by atoms with Crippen LogP contribution >= 0.6 is 11.8 Å². The molecule has 1 N–H and O–H groups in total. The van der Waals surface area contributed by atoms with Crippen LogP contribution in [0.1, 0.15) is 53.4 Å². The van der Waals surface area contributed by atoms with Crippen LogP contribution in [0.2, 0.25) is 0 Å². The Kier molecular flexibility index (Phi) is 7.25. The number of methoxy groups -OCH3 is 2. The molecule has 0 bridgehead atoms. The topological polar surface area (TPSA) is 67.9 Å². The van der Waals surface area contributed by atoms with E-state index in [2.05, 4.69) is 5.32 Å². The molecule has 1 saturated carbocycles. The van der Waals surface area contributed by atoms with Crippen LogP contribution in [0, 0.1) is 0 Å². The summed E-state index contributed by atoms with van der Waals surface area (Å²) in [5.41, 5.74) is 1.49. The summed E-state index contributed by atoms with van der Waals surface area (Å²) >= 11 is 1.63. The number of ether oxygens (including phenoxy) is 2. The van der Waals surface area contributed by atoms with E-state index < -0.39 is 6.04 Å². The summed E-state index contributed by atoms with van der Waals surface area (Å²) < 4.78 is 10.7. The van der Waals surface area contributed by atoms with E-state index in [0.717, 1.165) is 31.2 Å². The molecule has 2 atom stereocenters. The molecule has 2 aromatic rings. The van der Waals surface area contributed by atoms with E-state index in [1.54, 1.807) is 49.1 Å². The lowest BCUT2D eigenvalue weighted by atomic mass is 9.95. The fraction of sp³-hybridized carbons (Fsp3) is 0.440. The highest BCUT2D eigenvalue weighted by Gasteiger charge is 2.43. The average molecular weight is 455 g/mol. The molecule has 2 unspecified atom stereocenters. The largest absolute Gasteiger partial charge is 0.493 e. The molecule has 0 spiro atoms. The minimum atomic E-state index is -0.521. The molecule has 7 heteroatoms. The first-order chi connectivity index (χ1) is 15.6. The SMILES string of the molecule is COc1ccc(C(=O)N2C(C(=O)NC3CCCCC3)CSC2c2ccccc2)cc1OC. The number of carbonyl (C=O) groups excluding carboxylic acids is 2. The number of benzene rings is 2. The summed E-state index contributed by atoms with van der Waals surface area (Å²) in [7, 11) is 3.11. The number of carbonyl (C=O) groups is 2. The highest BCUT2D eigenvalue weighted by atomic mass is 32.2. The standard InChI is InChI=1S/C25H30N2O4S/c1-30-21-14-13-18(15-22(21)31-2)24(29)27-20(23(28)26-19-11-7-4-8-12-19)16-32-25(27)17-9-5-3-6-10-17/h3,5-6,9-10,13-15,19-20,25H,4,7-8,11-12,16H2,1-2H3,(H,26,28). The van der Waals surface area contributed by atoms with Gasteiger partial charge < -0.3 is 19.7 Å². The van der Waals surface area contributed by atoms with E-state index >= 15 is 0 Å². The number of amides is 2. The maximum atomic E-state index is 13.7. The van der Waals surface area contributed by atoms with E-state index in [9.17, 15) is 9.59 Å². The number of hydrogen-bond donors (Lipinski definition) is 1. The van der Waals surface area contributed by atoms with Gasteiger partial charge in [0, 0.05) is 17.4 Å². The lowest BCUT2D eigenvalue weighted by molar-refractivity contribution is -0.125. The van der Waals surface area contributed by atoms with Crippen molar-refractivity contribution in [3.63, 3.8) is 0 Å². The van der Waals surface area contributed by atoms with Crippen molar-refractivity contribution in [3.05, 3.63) is 59.7 Å². The van der Waals surface area contributed by atoms with Gasteiger partial charge in [-0.05, 0) is 36.6 Å². The summed E-state index contributed by atoms with van der Waals surface area (Å²) in [6, 6.07) is 14.7. The van der Waals surface area contributed by atoms with E-state index in [0.29, 0.717) is 22.8 Å². The van der Waals surface area contributed by atoms with E-state index in [1.165, 1.54) is 6.42 Å². The first-order valence-corrected chi connectivity index (χ1v) is 12.2. The van der Waals surface area contributed by atoms with Crippen molar-refractivity contribution in [1.29, 1.82) is 0 Å². The predicted molar refractivity (Wildman–Crippen MR) is 126 cm³/mol. The summed E-state index contributed by atoms with van der Waals surface area (Å²) in [5.74, 6) is 1.37. The molecule has 2 amide bonds. The van der Waals surface area contributed by atoms with E-state index in [4.69, 9.17) is 9.47 Å². The monoisotopic (exact) mass is 454 g/mol. The number of thioether (sulfide) groups is 1. The molecule has 0 radical (unpaired) electrons. The van der Waals surface area contributed by atoms with E-state index in [1.807, 2.05) is 30.3 Å². The quantitative estimate of drug-likeness (QED) is 0.700. The van der Waals surface area contributed by atoms with Gasteiger partial charge in [0.05, 0.1) is 14.2 Å². The predicted octanol–water partition coefficient (Wildman–Crippen LogP) is 4.41. The summed E-state index contributed by atoms with van der Waals surface area (Å²) in [6.45, 7) is 0. The van der Waals surface area contributed by atoms with Gasteiger partial charge in [0.25, 0.3) is 5.91 Å². The first-order valence-electron chi connectivity index (χ1n) is 11.1. The molecule has 2 aliphatic rings. The van der Waals surface area contributed by atoms with Crippen molar-refractivity contribution in [1.82, 2.24) is 10.2 Å². The van der Waals surface area contributed by atoms with Crippen LogP contribution in [0.15, 0.2) is 48.5 Å². The maximum Gasteiger partial charge on any atom is 0.255 e. The molecular formula is C25H30N2O4S. The molecule has 32 heavy (non-hydrogen) atoms. The van der Waals surface area contributed by atoms with Gasteiger partial charge in [0.15, 0.2) is 11.5 Å². The fourth-order valence-electron chi connectivity index (χ4n) is 4.49. The van der Waals surface area contributed by atoms with Gasteiger partial charge in [-0.15, -0.1) is 11.8 Å². The number of rotatable bonds is 6. The Morgan fingerprint density at radius 1 is 0.969 bits per heavy atom. The molecule has 2 aromatic carbocycles. The molecule has 6 nitrogen and oxygen atoms in total. The molecule has 1 saturated heterocycles. The van der Waals surface area contributed by atoms with E-state index in [-0.39, 0.29) is 23.2 Å². The number of nitrogens with zero attached hydrogens (tertiary/aromatic N) is 1. The van der Waals surface area contributed by atoms with Crippen LogP contribution in [0.4, 0.5) is 0 Å². The first kappa shape index (κ1) is 22.5. The molecule has 170 valence electrons. The molecule has 2 fully saturated rings. The van der Waals surface area contributed by atoms with Crippen LogP contribution in [-0.4, -0.2) is 48.8 Å². The third-order valence-electron chi connectivity index (χ3n) is 6.20. The van der Waals surface area contributed by atoms with Crippen LogP contribution in [0.3, 0.4) is 0 Å². The Bertz CT molecular complexity index is 946. The van der Waals surface area contributed by atoms with Gasteiger partial charge in [0.2, 0.25) is 5.91 Å². The maximum absolute atomic E-state index is 13.7. The van der Waals surface area contributed by atoms with Gasteiger partial charge in [-0.25, -0.2) is 0 Å². The average Bonchev–Trinajstić information content (AvgIpc) is 3.29. The fourth-order valence-corrected chi connectivity index (χ4v) is 5.92. The smallest absolute Gasteiger partial charge is 0.255 e. The molecular weight excluding hydrogens is 424 g/mol. The third kappa shape index (κ3) is 4.72. The van der Waals surface area contributed by atoms with Crippen molar-refractivity contribution < 1.29 is 19.1 Å². The van der Waals surface area contributed by atoms with Crippen LogP contribution < -0.4 is 14.8 Å². The highest BCUT2D eigenvalue weighted by Crippen LogP contribution is 2.43. The van der Waals surface area contributed by atoms with Gasteiger partial charge in [-0.2, -0.15) is 0 Å².